The van der Waals surface area contributed by atoms with Crippen LogP contribution in [0.25, 0.3) is 11.3 Å². The second-order valence-electron chi connectivity index (χ2n) is 9.09. The molecule has 0 aliphatic heterocycles. The van der Waals surface area contributed by atoms with Crippen LogP contribution in [0.5, 0.6) is 0 Å². The number of rotatable bonds is 9. The SMILES string of the molecule is Cc1ccc(C(=O)N[C@@H](c2nnc(SCC(=O)Nc3nc(-c4ccccc4)c(C)s3)n2C)C(C)C)cc1. The van der Waals surface area contributed by atoms with Crippen LogP contribution in [0.15, 0.2) is 59.8 Å². The van der Waals surface area contributed by atoms with Crippen LogP contribution in [0.1, 0.15) is 46.5 Å². The van der Waals surface area contributed by atoms with Crippen LogP contribution in [0.4, 0.5) is 5.13 Å². The van der Waals surface area contributed by atoms with Gasteiger partial charge in [-0.2, -0.15) is 0 Å². The predicted molar refractivity (Wildman–Crippen MR) is 149 cm³/mol. The van der Waals surface area contributed by atoms with Gasteiger partial charge in [0.15, 0.2) is 16.1 Å². The molecule has 37 heavy (non-hydrogen) atoms. The summed E-state index contributed by atoms with van der Waals surface area (Å²) in [4.78, 5) is 31.1. The highest BCUT2D eigenvalue weighted by Crippen LogP contribution is 2.30. The summed E-state index contributed by atoms with van der Waals surface area (Å²) >= 11 is 2.74. The largest absolute Gasteiger partial charge is 0.342 e. The van der Waals surface area contributed by atoms with Crippen LogP contribution in [0.3, 0.4) is 0 Å². The maximum Gasteiger partial charge on any atom is 0.251 e. The van der Waals surface area contributed by atoms with Crippen LogP contribution in [0, 0.1) is 19.8 Å². The first-order chi connectivity index (χ1) is 17.7. The van der Waals surface area contributed by atoms with Crippen molar-refractivity contribution in [3.8, 4) is 11.3 Å². The van der Waals surface area contributed by atoms with Gasteiger partial charge in [0.1, 0.15) is 0 Å². The maximum atomic E-state index is 12.8. The average Bonchev–Trinajstić information content (AvgIpc) is 3.43. The Morgan fingerprint density at radius 2 is 1.73 bits per heavy atom. The molecule has 0 radical (unpaired) electrons. The highest BCUT2D eigenvalue weighted by molar-refractivity contribution is 7.99. The second kappa shape index (κ2) is 11.7. The van der Waals surface area contributed by atoms with Gasteiger partial charge in [-0.15, -0.1) is 21.5 Å². The third kappa shape index (κ3) is 6.44. The van der Waals surface area contributed by atoms with Gasteiger partial charge in [-0.25, -0.2) is 4.98 Å². The molecule has 2 aromatic carbocycles. The lowest BCUT2D eigenvalue weighted by Gasteiger charge is -2.21. The van der Waals surface area contributed by atoms with Crippen LogP contribution >= 0.6 is 23.1 Å². The lowest BCUT2D eigenvalue weighted by atomic mass is 10.0. The van der Waals surface area contributed by atoms with Gasteiger partial charge in [0, 0.05) is 23.1 Å². The molecule has 2 aromatic heterocycles. The van der Waals surface area contributed by atoms with Gasteiger partial charge in [0.2, 0.25) is 5.91 Å². The molecule has 1 atom stereocenters. The van der Waals surface area contributed by atoms with Crippen molar-refractivity contribution in [2.75, 3.05) is 11.1 Å². The quantitative estimate of drug-likeness (QED) is 0.278. The van der Waals surface area contributed by atoms with Gasteiger partial charge < -0.3 is 15.2 Å². The monoisotopic (exact) mass is 534 g/mol. The van der Waals surface area contributed by atoms with Gasteiger partial charge in [-0.05, 0) is 31.9 Å². The summed E-state index contributed by atoms with van der Waals surface area (Å²) in [5.74, 6) is 0.555. The average molecular weight is 535 g/mol. The Bertz CT molecular complexity index is 1380. The van der Waals surface area contributed by atoms with Gasteiger partial charge >= 0.3 is 0 Å². The molecule has 0 spiro atoms. The van der Waals surface area contributed by atoms with E-state index in [2.05, 4.69) is 25.8 Å². The Morgan fingerprint density at radius 1 is 1.03 bits per heavy atom. The first-order valence-corrected chi connectivity index (χ1v) is 13.8. The number of thioether (sulfide) groups is 1. The molecular weight excluding hydrogens is 504 g/mol. The Morgan fingerprint density at radius 3 is 2.41 bits per heavy atom. The maximum absolute atomic E-state index is 12.8. The summed E-state index contributed by atoms with van der Waals surface area (Å²) in [6.07, 6.45) is 0. The molecule has 0 unspecified atom stereocenters. The zero-order chi connectivity index (χ0) is 26.5. The van der Waals surface area contributed by atoms with E-state index in [0.717, 1.165) is 21.7 Å². The summed E-state index contributed by atoms with van der Waals surface area (Å²) in [5.41, 5.74) is 3.58. The van der Waals surface area contributed by atoms with E-state index in [9.17, 15) is 9.59 Å². The molecular formula is C27H30N6O2S2. The molecule has 0 aliphatic rings. The van der Waals surface area contributed by atoms with E-state index in [0.29, 0.717) is 21.7 Å². The summed E-state index contributed by atoms with van der Waals surface area (Å²) in [5, 5.41) is 15.8. The van der Waals surface area contributed by atoms with E-state index in [1.807, 2.05) is 93.9 Å². The molecule has 192 valence electrons. The molecule has 2 heterocycles. The minimum absolute atomic E-state index is 0.0883. The first kappa shape index (κ1) is 26.6. The number of aromatic nitrogens is 4. The van der Waals surface area contributed by atoms with Crippen molar-refractivity contribution >= 4 is 40.0 Å². The summed E-state index contributed by atoms with van der Waals surface area (Å²) < 4.78 is 1.83. The van der Waals surface area contributed by atoms with E-state index < -0.39 is 0 Å². The molecule has 8 nitrogen and oxygen atoms in total. The molecule has 0 aliphatic carbocycles. The van der Waals surface area contributed by atoms with Crippen molar-refractivity contribution in [3.05, 3.63) is 76.4 Å². The fraction of sp³-hybridized carbons (Fsp3) is 0.296. The zero-order valence-electron chi connectivity index (χ0n) is 21.5. The molecule has 2 N–H and O–H groups in total. The van der Waals surface area contributed by atoms with Crippen molar-refractivity contribution in [2.45, 2.75) is 38.9 Å². The standard InChI is InChI=1S/C27H30N6O2S2/c1-16(2)22(29-25(35)20-13-11-17(3)12-14-20)24-31-32-27(33(24)5)36-15-21(34)28-26-30-23(18(4)37-26)19-9-7-6-8-10-19/h6-14,16,22H,15H2,1-5H3,(H,29,35)(H,28,30,34)/t22-/m1/s1. The number of nitrogens with one attached hydrogen (secondary N) is 2. The van der Waals surface area contributed by atoms with E-state index in [-0.39, 0.29) is 29.5 Å². The van der Waals surface area contributed by atoms with E-state index >= 15 is 0 Å². The Labute approximate surface area is 224 Å². The Kier molecular flexibility index (Phi) is 8.40. The summed E-state index contributed by atoms with van der Waals surface area (Å²) in [6.45, 7) is 8.02. The van der Waals surface area contributed by atoms with Gasteiger partial charge in [0.25, 0.3) is 5.91 Å². The minimum atomic E-state index is -0.329. The lowest BCUT2D eigenvalue weighted by Crippen LogP contribution is -2.33. The molecule has 0 saturated heterocycles. The number of aryl methyl sites for hydroxylation is 2. The normalized spacial score (nSPS) is 11.9. The molecule has 2 amide bonds. The topological polar surface area (TPSA) is 102 Å². The number of carbonyl (C=O) groups excluding carboxylic acids is 2. The van der Waals surface area contributed by atoms with E-state index in [1.54, 1.807) is 0 Å². The minimum Gasteiger partial charge on any atom is -0.342 e. The molecule has 0 saturated carbocycles. The fourth-order valence-electron chi connectivity index (χ4n) is 3.78. The zero-order valence-corrected chi connectivity index (χ0v) is 23.1. The highest BCUT2D eigenvalue weighted by atomic mass is 32.2. The number of thiazole rings is 1. The van der Waals surface area contributed by atoms with E-state index in [4.69, 9.17) is 0 Å². The number of hydrogen-bond donors (Lipinski definition) is 2. The number of amides is 2. The molecule has 4 rings (SSSR count). The smallest absolute Gasteiger partial charge is 0.251 e. The molecule has 10 heteroatoms. The van der Waals surface area contributed by atoms with Crippen molar-refractivity contribution in [2.24, 2.45) is 13.0 Å². The number of benzene rings is 2. The third-order valence-corrected chi connectivity index (χ3v) is 7.74. The fourth-order valence-corrected chi connectivity index (χ4v) is 5.35. The number of carbonyl (C=O) groups is 2. The number of hydrogen-bond acceptors (Lipinski definition) is 7. The molecule has 0 fully saturated rings. The van der Waals surface area contributed by atoms with Crippen LogP contribution in [-0.2, 0) is 11.8 Å². The number of nitrogens with zero attached hydrogens (tertiary/aromatic N) is 4. The van der Waals surface area contributed by atoms with Crippen molar-refractivity contribution < 1.29 is 9.59 Å². The third-order valence-electron chi connectivity index (χ3n) is 5.84. The van der Waals surface area contributed by atoms with E-state index in [1.165, 1.54) is 23.1 Å². The van der Waals surface area contributed by atoms with Crippen LogP contribution < -0.4 is 10.6 Å². The summed E-state index contributed by atoms with van der Waals surface area (Å²) in [7, 11) is 1.85. The van der Waals surface area contributed by atoms with Gasteiger partial charge in [0.05, 0.1) is 17.5 Å². The predicted octanol–water partition coefficient (Wildman–Crippen LogP) is 5.41. The summed E-state index contributed by atoms with van der Waals surface area (Å²) in [6, 6.07) is 17.0. The molecule has 4 aromatic rings. The van der Waals surface area contributed by atoms with Crippen LogP contribution in [-0.4, -0.2) is 37.3 Å². The second-order valence-corrected chi connectivity index (χ2v) is 11.2. The highest BCUT2D eigenvalue weighted by Gasteiger charge is 2.25. The van der Waals surface area contributed by atoms with Crippen molar-refractivity contribution in [3.63, 3.8) is 0 Å². The molecule has 0 bridgehead atoms. The number of anilines is 1. The first-order valence-electron chi connectivity index (χ1n) is 11.9. The Hall–Kier alpha value is -3.50. The lowest BCUT2D eigenvalue weighted by molar-refractivity contribution is -0.113. The van der Waals surface area contributed by atoms with Gasteiger partial charge in [-0.1, -0.05) is 73.6 Å². The van der Waals surface area contributed by atoms with Gasteiger partial charge in [-0.3, -0.25) is 9.59 Å². The Balaban J connectivity index is 1.39. The van der Waals surface area contributed by atoms with Crippen molar-refractivity contribution in [1.82, 2.24) is 25.1 Å². The van der Waals surface area contributed by atoms with Crippen LogP contribution in [0.2, 0.25) is 0 Å². The van der Waals surface area contributed by atoms with Crippen molar-refractivity contribution in [1.29, 1.82) is 0 Å².